The molecule has 0 bridgehead atoms. The SMILES string of the molecule is Cc1ccc(C(=O)O)cc1NC(=O)CSc1cccc(NC(=O)c2cccs2)c1. The average molecular weight is 427 g/mol. The van der Waals surface area contributed by atoms with Crippen molar-refractivity contribution in [3.8, 4) is 0 Å². The molecule has 0 spiro atoms. The minimum Gasteiger partial charge on any atom is -0.478 e. The highest BCUT2D eigenvalue weighted by molar-refractivity contribution is 8.00. The van der Waals surface area contributed by atoms with Crippen molar-refractivity contribution in [3.05, 3.63) is 76.0 Å². The highest BCUT2D eigenvalue weighted by Crippen LogP contribution is 2.23. The highest BCUT2D eigenvalue weighted by atomic mass is 32.2. The number of anilines is 2. The van der Waals surface area contributed by atoms with Crippen LogP contribution in [-0.2, 0) is 4.79 Å². The third kappa shape index (κ3) is 5.69. The molecule has 6 nitrogen and oxygen atoms in total. The maximum atomic E-state index is 12.3. The Labute approximate surface area is 176 Å². The van der Waals surface area contributed by atoms with Crippen molar-refractivity contribution < 1.29 is 19.5 Å². The number of amides is 2. The Balaban J connectivity index is 1.59. The Hall–Kier alpha value is -3.10. The lowest BCUT2D eigenvalue weighted by Crippen LogP contribution is -2.15. The Morgan fingerprint density at radius 3 is 2.59 bits per heavy atom. The van der Waals surface area contributed by atoms with E-state index in [2.05, 4.69) is 10.6 Å². The number of aryl methyl sites for hydroxylation is 1. The van der Waals surface area contributed by atoms with Gasteiger partial charge in [-0.25, -0.2) is 4.79 Å². The Morgan fingerprint density at radius 1 is 1.03 bits per heavy atom. The van der Waals surface area contributed by atoms with Gasteiger partial charge >= 0.3 is 5.97 Å². The van der Waals surface area contributed by atoms with Gasteiger partial charge in [-0.3, -0.25) is 9.59 Å². The fourth-order valence-electron chi connectivity index (χ4n) is 2.49. The number of thiophene rings is 1. The van der Waals surface area contributed by atoms with E-state index in [-0.39, 0.29) is 23.1 Å². The summed E-state index contributed by atoms with van der Waals surface area (Å²) >= 11 is 2.69. The zero-order valence-corrected chi connectivity index (χ0v) is 17.1. The van der Waals surface area contributed by atoms with Gasteiger partial charge in [-0.05, 0) is 54.3 Å². The van der Waals surface area contributed by atoms with Gasteiger partial charge in [0.25, 0.3) is 5.91 Å². The summed E-state index contributed by atoms with van der Waals surface area (Å²) in [5, 5.41) is 16.5. The third-order valence-electron chi connectivity index (χ3n) is 3.97. The van der Waals surface area contributed by atoms with Crippen LogP contribution in [0.2, 0.25) is 0 Å². The van der Waals surface area contributed by atoms with E-state index in [4.69, 9.17) is 5.11 Å². The molecule has 2 aromatic carbocycles. The molecule has 3 N–H and O–H groups in total. The van der Waals surface area contributed by atoms with Crippen LogP contribution in [-0.4, -0.2) is 28.6 Å². The molecule has 148 valence electrons. The quantitative estimate of drug-likeness (QED) is 0.475. The molecular formula is C21H18N2O4S2. The second-order valence-electron chi connectivity index (χ2n) is 6.13. The maximum Gasteiger partial charge on any atom is 0.335 e. The van der Waals surface area contributed by atoms with Crippen molar-refractivity contribution in [2.75, 3.05) is 16.4 Å². The van der Waals surface area contributed by atoms with Gasteiger partial charge < -0.3 is 15.7 Å². The molecular weight excluding hydrogens is 408 g/mol. The molecule has 8 heteroatoms. The lowest BCUT2D eigenvalue weighted by molar-refractivity contribution is -0.113. The van der Waals surface area contributed by atoms with Gasteiger partial charge in [0.05, 0.1) is 16.2 Å². The van der Waals surface area contributed by atoms with E-state index in [1.165, 1.54) is 35.2 Å². The van der Waals surface area contributed by atoms with Crippen LogP contribution in [0.25, 0.3) is 0 Å². The van der Waals surface area contributed by atoms with Gasteiger partial charge in [-0.15, -0.1) is 23.1 Å². The summed E-state index contributed by atoms with van der Waals surface area (Å²) in [6.07, 6.45) is 0. The topological polar surface area (TPSA) is 95.5 Å². The lowest BCUT2D eigenvalue weighted by Gasteiger charge is -2.10. The number of carboxylic acids is 1. The molecule has 0 unspecified atom stereocenters. The second-order valence-corrected chi connectivity index (χ2v) is 8.13. The molecule has 1 heterocycles. The van der Waals surface area contributed by atoms with Crippen molar-refractivity contribution >= 4 is 52.3 Å². The predicted molar refractivity (Wildman–Crippen MR) is 116 cm³/mol. The molecule has 3 aromatic rings. The molecule has 29 heavy (non-hydrogen) atoms. The van der Waals surface area contributed by atoms with Crippen LogP contribution in [0.3, 0.4) is 0 Å². The molecule has 0 fully saturated rings. The summed E-state index contributed by atoms with van der Waals surface area (Å²) in [5.74, 6) is -1.31. The first-order valence-electron chi connectivity index (χ1n) is 8.64. The first kappa shape index (κ1) is 20.6. The van der Waals surface area contributed by atoms with Crippen molar-refractivity contribution in [1.29, 1.82) is 0 Å². The van der Waals surface area contributed by atoms with Crippen LogP contribution in [0, 0.1) is 6.92 Å². The molecule has 2 amide bonds. The molecule has 0 aliphatic rings. The number of benzene rings is 2. The molecule has 0 aliphatic carbocycles. The van der Waals surface area contributed by atoms with E-state index in [0.717, 1.165) is 10.5 Å². The number of carbonyl (C=O) groups excluding carboxylic acids is 2. The fraction of sp³-hybridized carbons (Fsp3) is 0.0952. The van der Waals surface area contributed by atoms with Gasteiger partial charge in [0.15, 0.2) is 0 Å². The summed E-state index contributed by atoms with van der Waals surface area (Å²) in [6, 6.07) is 15.4. The standard InChI is InChI=1S/C21H18N2O4S2/c1-13-7-8-14(21(26)27)10-17(13)23-19(24)12-29-16-5-2-4-15(11-16)22-20(25)18-6-3-9-28-18/h2-11H,12H2,1H3,(H,22,25)(H,23,24)(H,26,27). The van der Waals surface area contributed by atoms with Crippen LogP contribution in [0.5, 0.6) is 0 Å². The fourth-order valence-corrected chi connectivity index (χ4v) is 3.86. The smallest absolute Gasteiger partial charge is 0.335 e. The molecule has 0 aliphatic heterocycles. The summed E-state index contributed by atoms with van der Waals surface area (Å²) < 4.78 is 0. The van der Waals surface area contributed by atoms with Gasteiger partial charge in [0, 0.05) is 16.3 Å². The number of aromatic carboxylic acids is 1. The average Bonchev–Trinajstić information content (AvgIpc) is 3.23. The van der Waals surface area contributed by atoms with Crippen LogP contribution >= 0.6 is 23.1 Å². The zero-order valence-electron chi connectivity index (χ0n) is 15.5. The summed E-state index contributed by atoms with van der Waals surface area (Å²) in [4.78, 5) is 37.0. The number of hydrogen-bond acceptors (Lipinski definition) is 5. The van der Waals surface area contributed by atoms with Crippen molar-refractivity contribution in [1.82, 2.24) is 0 Å². The normalized spacial score (nSPS) is 10.4. The van der Waals surface area contributed by atoms with E-state index in [9.17, 15) is 14.4 Å². The summed E-state index contributed by atoms with van der Waals surface area (Å²) in [6.45, 7) is 1.80. The second kappa shape index (κ2) is 9.40. The first-order chi connectivity index (χ1) is 13.9. The Morgan fingerprint density at radius 2 is 1.86 bits per heavy atom. The van der Waals surface area contributed by atoms with E-state index in [0.29, 0.717) is 16.3 Å². The summed E-state index contributed by atoms with van der Waals surface area (Å²) in [5.41, 5.74) is 2.03. The van der Waals surface area contributed by atoms with Gasteiger partial charge in [-0.1, -0.05) is 18.2 Å². The van der Waals surface area contributed by atoms with E-state index < -0.39 is 5.97 Å². The van der Waals surface area contributed by atoms with Crippen molar-refractivity contribution in [2.24, 2.45) is 0 Å². The highest BCUT2D eigenvalue weighted by Gasteiger charge is 2.11. The van der Waals surface area contributed by atoms with Gasteiger partial charge in [0.2, 0.25) is 5.91 Å². The van der Waals surface area contributed by atoms with Crippen LogP contribution in [0.4, 0.5) is 11.4 Å². The number of nitrogens with one attached hydrogen (secondary N) is 2. The van der Waals surface area contributed by atoms with Gasteiger partial charge in [-0.2, -0.15) is 0 Å². The molecule has 0 atom stereocenters. The molecule has 1 aromatic heterocycles. The largest absolute Gasteiger partial charge is 0.478 e. The monoisotopic (exact) mass is 426 g/mol. The van der Waals surface area contributed by atoms with Crippen LogP contribution < -0.4 is 10.6 Å². The maximum absolute atomic E-state index is 12.3. The number of carboxylic acid groups (broad SMARTS) is 1. The zero-order chi connectivity index (χ0) is 20.8. The van der Waals surface area contributed by atoms with E-state index in [1.54, 1.807) is 31.2 Å². The lowest BCUT2D eigenvalue weighted by atomic mass is 10.1. The van der Waals surface area contributed by atoms with Crippen molar-refractivity contribution in [3.63, 3.8) is 0 Å². The van der Waals surface area contributed by atoms with E-state index in [1.807, 2.05) is 23.6 Å². The number of rotatable bonds is 7. The van der Waals surface area contributed by atoms with Crippen LogP contribution in [0.15, 0.2) is 64.9 Å². The number of carbonyl (C=O) groups is 3. The predicted octanol–water partition coefficient (Wildman–Crippen LogP) is 4.74. The Bertz CT molecular complexity index is 1050. The molecule has 0 saturated heterocycles. The summed E-state index contributed by atoms with van der Waals surface area (Å²) in [7, 11) is 0. The number of thioether (sulfide) groups is 1. The molecule has 0 radical (unpaired) electrons. The minimum absolute atomic E-state index is 0.118. The third-order valence-corrected chi connectivity index (χ3v) is 5.83. The van der Waals surface area contributed by atoms with Crippen molar-refractivity contribution in [2.45, 2.75) is 11.8 Å². The Kier molecular flexibility index (Phi) is 6.69. The van der Waals surface area contributed by atoms with E-state index >= 15 is 0 Å². The van der Waals surface area contributed by atoms with Crippen LogP contribution in [0.1, 0.15) is 25.6 Å². The number of hydrogen-bond donors (Lipinski definition) is 3. The molecule has 0 saturated carbocycles. The minimum atomic E-state index is -1.05. The molecule has 3 rings (SSSR count). The first-order valence-corrected chi connectivity index (χ1v) is 10.5. The van der Waals surface area contributed by atoms with Gasteiger partial charge in [0.1, 0.15) is 0 Å².